The fraction of sp³-hybridized carbons (Fsp3) is 0.286. The van der Waals surface area contributed by atoms with Gasteiger partial charge in [0, 0.05) is 23.3 Å². The number of hydrogen-bond acceptors (Lipinski definition) is 3. The maximum Gasteiger partial charge on any atom is 0.573 e. The summed E-state index contributed by atoms with van der Waals surface area (Å²) >= 11 is 0. The molecule has 2 aliphatic rings. The van der Waals surface area contributed by atoms with Gasteiger partial charge in [0.05, 0.1) is 17.9 Å². The van der Waals surface area contributed by atoms with Crippen LogP contribution in [0.15, 0.2) is 66.7 Å². The molecule has 1 aliphatic carbocycles. The number of fused-ring (bicyclic) bond motifs is 2. The highest BCUT2D eigenvalue weighted by molar-refractivity contribution is 6.03. The molecule has 2 N–H and O–H groups in total. The van der Waals surface area contributed by atoms with Gasteiger partial charge in [0.15, 0.2) is 5.69 Å². The summed E-state index contributed by atoms with van der Waals surface area (Å²) in [6, 6.07) is 17.8. The Morgan fingerprint density at radius 2 is 1.68 bits per heavy atom. The number of benzene rings is 3. The van der Waals surface area contributed by atoms with Gasteiger partial charge < -0.3 is 20.3 Å². The first-order chi connectivity index (χ1) is 17.8. The van der Waals surface area contributed by atoms with Crippen LogP contribution in [0.4, 0.5) is 46.4 Å². The molecule has 3 aromatic carbocycles. The molecule has 1 fully saturated rings. The lowest BCUT2D eigenvalue weighted by Crippen LogP contribution is -2.34. The number of hydrogen-bond donors (Lipinski definition) is 2. The van der Waals surface area contributed by atoms with Crippen molar-refractivity contribution >= 4 is 34.5 Å². The third-order valence-electron chi connectivity index (χ3n) is 7.03. The van der Waals surface area contributed by atoms with Crippen molar-refractivity contribution in [2.24, 2.45) is 0 Å². The van der Waals surface area contributed by atoms with Crippen LogP contribution in [0, 0.1) is 6.57 Å². The van der Waals surface area contributed by atoms with E-state index in [1.165, 1.54) is 37.0 Å². The fourth-order valence-electron chi connectivity index (χ4n) is 5.44. The summed E-state index contributed by atoms with van der Waals surface area (Å²) in [5, 5.41) is 5.49. The lowest BCUT2D eigenvalue weighted by molar-refractivity contribution is -0.274. The van der Waals surface area contributed by atoms with E-state index in [0.29, 0.717) is 17.1 Å². The Hall–Kier alpha value is -4.19. The largest absolute Gasteiger partial charge is 0.573 e. The smallest absolute Gasteiger partial charge is 0.406 e. The lowest BCUT2D eigenvalue weighted by atomic mass is 9.71. The second kappa shape index (κ2) is 9.69. The normalized spacial score (nSPS) is 16.1. The molecule has 1 aliphatic heterocycles. The topological polar surface area (TPSA) is 58.0 Å². The molecule has 2 amide bonds. The molecule has 1 heterocycles. The number of rotatable bonds is 4. The maximum absolute atomic E-state index is 12.8. The summed E-state index contributed by atoms with van der Waals surface area (Å²) in [6.07, 6.45) is 0.980. The van der Waals surface area contributed by atoms with Gasteiger partial charge in [-0.25, -0.2) is 9.64 Å². The van der Waals surface area contributed by atoms with E-state index in [9.17, 15) is 18.0 Å². The van der Waals surface area contributed by atoms with Crippen LogP contribution >= 0.6 is 0 Å². The summed E-state index contributed by atoms with van der Waals surface area (Å²) in [4.78, 5) is 18.6. The molecule has 1 spiro atoms. The summed E-state index contributed by atoms with van der Waals surface area (Å²) in [6.45, 7) is 8.27. The van der Waals surface area contributed by atoms with Crippen LogP contribution < -0.4 is 20.3 Å². The predicted molar refractivity (Wildman–Crippen MR) is 137 cm³/mol. The van der Waals surface area contributed by atoms with Gasteiger partial charge in [-0.3, -0.25) is 0 Å². The number of para-hydroxylation sites is 1. The summed E-state index contributed by atoms with van der Waals surface area (Å²) in [7, 11) is 0. The monoisotopic (exact) mass is 506 g/mol. The van der Waals surface area contributed by atoms with E-state index in [1.807, 2.05) is 6.07 Å². The number of carbonyl (C=O) groups is 1. The summed E-state index contributed by atoms with van der Waals surface area (Å²) in [5.41, 5.74) is 4.46. The van der Waals surface area contributed by atoms with Gasteiger partial charge in [0.2, 0.25) is 0 Å². The Labute approximate surface area is 212 Å². The van der Waals surface area contributed by atoms with Crippen LogP contribution in [0.3, 0.4) is 0 Å². The Morgan fingerprint density at radius 3 is 2.38 bits per heavy atom. The predicted octanol–water partition coefficient (Wildman–Crippen LogP) is 8.13. The molecule has 1 saturated carbocycles. The highest BCUT2D eigenvalue weighted by Crippen LogP contribution is 2.52. The zero-order valence-electron chi connectivity index (χ0n) is 19.9. The third-order valence-corrected chi connectivity index (χ3v) is 7.03. The van der Waals surface area contributed by atoms with E-state index in [-0.39, 0.29) is 11.2 Å². The first-order valence-corrected chi connectivity index (χ1v) is 12.1. The standard InChI is InChI=1S/C28H25F3N4O2/c1-32-20-11-14-23(34-26(36)33-19-9-12-21(13-10-19)37-28(29,30)31)25(17-20)35-18-27(15-5-2-6-16-27)22-7-3-4-8-24(22)35/h3-4,7-14,17H,2,5-6,15-16,18H2,(H2,33,34,36). The first-order valence-electron chi connectivity index (χ1n) is 12.1. The van der Waals surface area contributed by atoms with E-state index in [0.717, 1.165) is 42.9 Å². The van der Waals surface area contributed by atoms with E-state index >= 15 is 0 Å². The quantitative estimate of drug-likeness (QED) is 0.351. The number of alkyl halides is 3. The van der Waals surface area contributed by atoms with Crippen LogP contribution in [-0.2, 0) is 5.41 Å². The van der Waals surface area contributed by atoms with E-state index in [2.05, 4.69) is 43.3 Å². The highest BCUT2D eigenvalue weighted by Gasteiger charge is 2.44. The number of ether oxygens (including phenoxy) is 1. The van der Waals surface area contributed by atoms with Crippen LogP contribution in [0.1, 0.15) is 37.7 Å². The minimum atomic E-state index is -4.79. The second-order valence-electron chi connectivity index (χ2n) is 9.41. The van der Waals surface area contributed by atoms with Gasteiger partial charge in [0.1, 0.15) is 5.75 Å². The molecular weight excluding hydrogens is 481 g/mol. The molecule has 3 aromatic rings. The minimum absolute atomic E-state index is 0.0444. The molecular formula is C28H25F3N4O2. The maximum atomic E-state index is 12.8. The molecule has 37 heavy (non-hydrogen) atoms. The van der Waals surface area contributed by atoms with Crippen LogP contribution in [-0.4, -0.2) is 18.9 Å². The van der Waals surface area contributed by atoms with Crippen molar-refractivity contribution in [3.63, 3.8) is 0 Å². The molecule has 0 radical (unpaired) electrons. The molecule has 9 heteroatoms. The van der Waals surface area contributed by atoms with E-state index in [4.69, 9.17) is 6.57 Å². The molecule has 0 bridgehead atoms. The van der Waals surface area contributed by atoms with Crippen LogP contribution in [0.5, 0.6) is 5.75 Å². The van der Waals surface area contributed by atoms with Crippen LogP contribution in [0.25, 0.3) is 4.85 Å². The number of anilines is 4. The second-order valence-corrected chi connectivity index (χ2v) is 9.41. The number of carbonyl (C=O) groups excluding carboxylic acids is 1. The molecule has 6 nitrogen and oxygen atoms in total. The number of amides is 2. The molecule has 190 valence electrons. The van der Waals surface area contributed by atoms with Gasteiger partial charge >= 0.3 is 12.4 Å². The Morgan fingerprint density at radius 1 is 0.946 bits per heavy atom. The molecule has 0 atom stereocenters. The van der Waals surface area contributed by atoms with Gasteiger partial charge in [-0.05, 0) is 60.9 Å². The van der Waals surface area contributed by atoms with Crippen molar-refractivity contribution in [2.75, 3.05) is 22.1 Å². The summed E-state index contributed by atoms with van der Waals surface area (Å²) < 4.78 is 41.1. The molecule has 0 aromatic heterocycles. The Balaban J connectivity index is 1.40. The van der Waals surface area contributed by atoms with Gasteiger partial charge in [0.25, 0.3) is 0 Å². The average molecular weight is 507 g/mol. The Kier molecular flexibility index (Phi) is 6.42. The number of halogens is 3. The van der Waals surface area contributed by atoms with E-state index in [1.54, 1.807) is 18.2 Å². The SMILES string of the molecule is [C-]#[N+]c1ccc(NC(=O)Nc2ccc(OC(F)(F)F)cc2)c(N2CC3(CCCCC3)c3ccccc32)c1. The summed E-state index contributed by atoms with van der Waals surface area (Å²) in [5.74, 6) is -0.375. The van der Waals surface area contributed by atoms with Crippen molar-refractivity contribution in [1.82, 2.24) is 0 Å². The van der Waals surface area contributed by atoms with Crippen molar-refractivity contribution in [1.29, 1.82) is 0 Å². The average Bonchev–Trinajstić information content (AvgIpc) is 3.18. The fourth-order valence-corrected chi connectivity index (χ4v) is 5.44. The number of nitrogens with zero attached hydrogens (tertiary/aromatic N) is 2. The van der Waals surface area contributed by atoms with Crippen LogP contribution in [0.2, 0.25) is 0 Å². The van der Waals surface area contributed by atoms with Gasteiger partial charge in [-0.15, -0.1) is 13.2 Å². The van der Waals surface area contributed by atoms with Crippen molar-refractivity contribution < 1.29 is 22.7 Å². The molecule has 0 unspecified atom stereocenters. The Bertz CT molecular complexity index is 1340. The van der Waals surface area contributed by atoms with Gasteiger partial charge in [-0.2, -0.15) is 0 Å². The third kappa shape index (κ3) is 5.19. The first kappa shape index (κ1) is 24.5. The van der Waals surface area contributed by atoms with Gasteiger partial charge in [-0.1, -0.05) is 43.5 Å². The lowest BCUT2D eigenvalue weighted by Gasteiger charge is -2.34. The van der Waals surface area contributed by atoms with Crippen molar-refractivity contribution in [3.8, 4) is 5.75 Å². The van der Waals surface area contributed by atoms with E-state index < -0.39 is 12.4 Å². The zero-order chi connectivity index (χ0) is 26.0. The molecule has 5 rings (SSSR count). The zero-order valence-corrected chi connectivity index (χ0v) is 19.9. The number of nitrogens with one attached hydrogen (secondary N) is 2. The van der Waals surface area contributed by atoms with Crippen molar-refractivity contribution in [3.05, 3.63) is 83.7 Å². The van der Waals surface area contributed by atoms with Crippen molar-refractivity contribution in [2.45, 2.75) is 43.9 Å². The minimum Gasteiger partial charge on any atom is -0.406 e. The number of urea groups is 1. The molecule has 0 saturated heterocycles. The highest BCUT2D eigenvalue weighted by atomic mass is 19.4.